The van der Waals surface area contributed by atoms with Crippen LogP contribution < -0.4 is 10.2 Å². The largest absolute Gasteiger partial charge is 0.369 e. The second kappa shape index (κ2) is 9.09. The highest BCUT2D eigenvalue weighted by Gasteiger charge is 2.35. The molecule has 0 bridgehead atoms. The summed E-state index contributed by atoms with van der Waals surface area (Å²) in [4.78, 5) is 19.1. The average Bonchev–Trinajstić information content (AvgIpc) is 2.62. The van der Waals surface area contributed by atoms with Gasteiger partial charge in [0.05, 0.1) is 0 Å². The lowest BCUT2D eigenvalue weighted by Crippen LogP contribution is -2.65. The Morgan fingerprint density at radius 2 is 1.76 bits per heavy atom. The number of nitrogens with zero attached hydrogens (tertiary/aromatic N) is 3. The standard InChI is InChI=1S/C20H32N4O/c1-2-3-4-8-11-21-20(25)24-16-19(17-24)23-14-12-22(13-15-23)18-9-6-5-7-10-18/h5-7,9-10,19H,2-4,8,11-17H2,1H3,(H,21,25). The number of carbonyl (C=O) groups is 1. The quantitative estimate of drug-likeness (QED) is 0.773. The Labute approximate surface area is 152 Å². The van der Waals surface area contributed by atoms with Gasteiger partial charge in [-0.15, -0.1) is 0 Å². The minimum absolute atomic E-state index is 0.121. The summed E-state index contributed by atoms with van der Waals surface area (Å²) in [5, 5.41) is 3.06. The van der Waals surface area contributed by atoms with Crippen molar-refractivity contribution in [3.05, 3.63) is 30.3 Å². The molecule has 2 fully saturated rings. The van der Waals surface area contributed by atoms with Gasteiger partial charge in [0.1, 0.15) is 0 Å². The summed E-state index contributed by atoms with van der Waals surface area (Å²) >= 11 is 0. The fraction of sp³-hybridized carbons (Fsp3) is 0.650. The number of piperazine rings is 1. The number of likely N-dealkylation sites (tertiary alicyclic amines) is 1. The SMILES string of the molecule is CCCCCCNC(=O)N1CC(N2CCN(c3ccccc3)CC2)C1. The van der Waals surface area contributed by atoms with Crippen molar-refractivity contribution in [2.45, 2.75) is 38.6 Å². The summed E-state index contributed by atoms with van der Waals surface area (Å²) < 4.78 is 0. The van der Waals surface area contributed by atoms with Crippen molar-refractivity contribution in [2.24, 2.45) is 0 Å². The van der Waals surface area contributed by atoms with Crippen LogP contribution >= 0.6 is 0 Å². The van der Waals surface area contributed by atoms with Gasteiger partial charge in [-0.1, -0.05) is 44.4 Å². The molecule has 2 amide bonds. The van der Waals surface area contributed by atoms with E-state index in [0.717, 1.165) is 52.2 Å². The third kappa shape index (κ3) is 4.88. The molecule has 3 rings (SSSR count). The minimum atomic E-state index is 0.121. The van der Waals surface area contributed by atoms with Crippen molar-refractivity contribution in [1.29, 1.82) is 0 Å². The zero-order valence-electron chi connectivity index (χ0n) is 15.5. The molecule has 0 unspecified atom stereocenters. The summed E-state index contributed by atoms with van der Waals surface area (Å²) in [5.41, 5.74) is 1.32. The highest BCUT2D eigenvalue weighted by atomic mass is 16.2. The molecule has 1 aromatic rings. The Balaban J connectivity index is 1.32. The molecule has 1 N–H and O–H groups in total. The molecule has 0 atom stereocenters. The molecule has 0 aromatic heterocycles. The number of hydrogen-bond acceptors (Lipinski definition) is 3. The van der Waals surface area contributed by atoms with E-state index in [4.69, 9.17) is 0 Å². The predicted octanol–water partition coefficient (Wildman–Crippen LogP) is 2.78. The summed E-state index contributed by atoms with van der Waals surface area (Å²) in [6, 6.07) is 11.3. The van der Waals surface area contributed by atoms with Gasteiger partial charge in [0.25, 0.3) is 0 Å². The van der Waals surface area contributed by atoms with Gasteiger partial charge in [0.2, 0.25) is 0 Å². The van der Waals surface area contributed by atoms with E-state index < -0.39 is 0 Å². The van der Waals surface area contributed by atoms with Gasteiger partial charge in [0, 0.05) is 57.5 Å². The van der Waals surface area contributed by atoms with Crippen LogP contribution in [0.1, 0.15) is 32.6 Å². The van der Waals surface area contributed by atoms with Gasteiger partial charge in [-0.25, -0.2) is 4.79 Å². The van der Waals surface area contributed by atoms with Crippen LogP contribution in [0.25, 0.3) is 0 Å². The fourth-order valence-corrected chi connectivity index (χ4v) is 3.70. The van der Waals surface area contributed by atoms with E-state index in [1.807, 2.05) is 4.90 Å². The van der Waals surface area contributed by atoms with E-state index in [1.54, 1.807) is 0 Å². The van der Waals surface area contributed by atoms with Gasteiger partial charge in [-0.3, -0.25) is 4.90 Å². The average molecular weight is 345 g/mol. The first-order chi connectivity index (χ1) is 12.3. The van der Waals surface area contributed by atoms with Crippen molar-refractivity contribution in [3.8, 4) is 0 Å². The minimum Gasteiger partial charge on any atom is -0.369 e. The summed E-state index contributed by atoms with van der Waals surface area (Å²) in [6.45, 7) is 9.11. The number of urea groups is 1. The molecule has 2 aliphatic rings. The van der Waals surface area contributed by atoms with Gasteiger partial charge >= 0.3 is 6.03 Å². The Bertz CT molecular complexity index is 522. The van der Waals surface area contributed by atoms with Crippen molar-refractivity contribution in [3.63, 3.8) is 0 Å². The molecule has 2 heterocycles. The number of carbonyl (C=O) groups excluding carboxylic acids is 1. The molecular formula is C20H32N4O. The maximum Gasteiger partial charge on any atom is 0.317 e. The monoisotopic (exact) mass is 344 g/mol. The molecule has 2 saturated heterocycles. The van der Waals surface area contributed by atoms with Gasteiger partial charge < -0.3 is 15.1 Å². The lowest BCUT2D eigenvalue weighted by Gasteiger charge is -2.48. The zero-order valence-corrected chi connectivity index (χ0v) is 15.5. The fourth-order valence-electron chi connectivity index (χ4n) is 3.70. The van der Waals surface area contributed by atoms with Crippen LogP contribution in [0.15, 0.2) is 30.3 Å². The molecule has 138 valence electrons. The molecule has 0 saturated carbocycles. The van der Waals surface area contributed by atoms with Crippen LogP contribution in [0.5, 0.6) is 0 Å². The number of nitrogens with one attached hydrogen (secondary N) is 1. The highest BCUT2D eigenvalue weighted by molar-refractivity contribution is 5.75. The Morgan fingerprint density at radius 1 is 1.04 bits per heavy atom. The van der Waals surface area contributed by atoms with Gasteiger partial charge in [-0.2, -0.15) is 0 Å². The van der Waals surface area contributed by atoms with E-state index in [2.05, 4.69) is 52.4 Å². The van der Waals surface area contributed by atoms with Gasteiger partial charge in [0.15, 0.2) is 0 Å². The molecule has 0 aliphatic carbocycles. The van der Waals surface area contributed by atoms with E-state index in [9.17, 15) is 4.79 Å². The number of para-hydroxylation sites is 1. The maximum absolute atomic E-state index is 12.1. The van der Waals surface area contributed by atoms with Crippen LogP contribution in [-0.4, -0.2) is 67.7 Å². The zero-order chi connectivity index (χ0) is 17.5. The number of unbranched alkanes of at least 4 members (excludes halogenated alkanes) is 3. The third-order valence-electron chi connectivity index (χ3n) is 5.41. The van der Waals surface area contributed by atoms with Crippen LogP contribution in [-0.2, 0) is 0 Å². The molecule has 0 spiro atoms. The van der Waals surface area contributed by atoms with E-state index in [1.165, 1.54) is 24.9 Å². The van der Waals surface area contributed by atoms with E-state index >= 15 is 0 Å². The molecule has 5 heteroatoms. The van der Waals surface area contributed by atoms with Crippen LogP contribution in [0.2, 0.25) is 0 Å². The lowest BCUT2D eigenvalue weighted by atomic mass is 10.1. The summed E-state index contributed by atoms with van der Waals surface area (Å²) in [6.07, 6.45) is 4.80. The molecule has 2 aliphatic heterocycles. The second-order valence-electron chi connectivity index (χ2n) is 7.21. The van der Waals surface area contributed by atoms with Crippen molar-refractivity contribution in [1.82, 2.24) is 15.1 Å². The summed E-state index contributed by atoms with van der Waals surface area (Å²) in [5.74, 6) is 0. The van der Waals surface area contributed by atoms with Crippen molar-refractivity contribution < 1.29 is 4.79 Å². The number of benzene rings is 1. The highest BCUT2D eigenvalue weighted by Crippen LogP contribution is 2.20. The number of anilines is 1. The Kier molecular flexibility index (Phi) is 6.56. The number of hydrogen-bond donors (Lipinski definition) is 1. The third-order valence-corrected chi connectivity index (χ3v) is 5.41. The molecule has 0 radical (unpaired) electrons. The van der Waals surface area contributed by atoms with Crippen LogP contribution in [0, 0.1) is 0 Å². The lowest BCUT2D eigenvalue weighted by molar-refractivity contribution is 0.0532. The van der Waals surface area contributed by atoms with Crippen LogP contribution in [0.4, 0.5) is 10.5 Å². The van der Waals surface area contributed by atoms with Gasteiger partial charge in [-0.05, 0) is 18.6 Å². The first-order valence-electron chi connectivity index (χ1n) is 9.84. The Morgan fingerprint density at radius 3 is 2.44 bits per heavy atom. The molecule has 1 aromatic carbocycles. The van der Waals surface area contributed by atoms with Crippen LogP contribution in [0.3, 0.4) is 0 Å². The first kappa shape index (κ1) is 18.1. The normalized spacial score (nSPS) is 18.9. The van der Waals surface area contributed by atoms with Crippen molar-refractivity contribution in [2.75, 3.05) is 50.7 Å². The second-order valence-corrected chi connectivity index (χ2v) is 7.21. The number of amides is 2. The Hall–Kier alpha value is -1.75. The topological polar surface area (TPSA) is 38.8 Å². The molecule has 5 nitrogen and oxygen atoms in total. The van der Waals surface area contributed by atoms with E-state index in [0.29, 0.717) is 6.04 Å². The van der Waals surface area contributed by atoms with Crippen molar-refractivity contribution >= 4 is 11.7 Å². The van der Waals surface area contributed by atoms with E-state index in [-0.39, 0.29) is 6.03 Å². The number of rotatable bonds is 7. The predicted molar refractivity (Wildman–Crippen MR) is 103 cm³/mol. The molecule has 25 heavy (non-hydrogen) atoms. The summed E-state index contributed by atoms with van der Waals surface area (Å²) in [7, 11) is 0. The molecular weight excluding hydrogens is 312 g/mol. The maximum atomic E-state index is 12.1. The first-order valence-corrected chi connectivity index (χ1v) is 9.84. The smallest absolute Gasteiger partial charge is 0.317 e.